The van der Waals surface area contributed by atoms with E-state index in [0.717, 1.165) is 5.56 Å². The van der Waals surface area contributed by atoms with Crippen LogP contribution in [0.1, 0.15) is 11.6 Å². The molecule has 0 saturated carbocycles. The molecule has 0 amide bonds. The molecule has 3 nitrogen and oxygen atoms in total. The Morgan fingerprint density at radius 2 is 2.00 bits per heavy atom. The molecule has 1 atom stereocenters. The molecule has 1 aromatic rings. The van der Waals surface area contributed by atoms with E-state index in [9.17, 15) is 4.39 Å². The van der Waals surface area contributed by atoms with E-state index in [-0.39, 0.29) is 5.82 Å². The first-order valence-corrected chi connectivity index (χ1v) is 4.76. The third-order valence-corrected chi connectivity index (χ3v) is 2.06. The summed E-state index contributed by atoms with van der Waals surface area (Å²) in [6.07, 6.45) is 5.37. The predicted octanol–water partition coefficient (Wildman–Crippen LogP) is 1.38. The van der Waals surface area contributed by atoms with Crippen molar-refractivity contribution in [2.75, 3.05) is 14.1 Å². The minimum Gasteiger partial charge on any atom is -0.370 e. The van der Waals surface area contributed by atoms with Crippen LogP contribution in [0.25, 0.3) is 0 Å². The summed E-state index contributed by atoms with van der Waals surface area (Å²) in [4.78, 5) is 5.82. The van der Waals surface area contributed by atoms with E-state index in [0.29, 0.717) is 5.96 Å². The summed E-state index contributed by atoms with van der Waals surface area (Å²) in [5.41, 5.74) is 6.41. The molecule has 0 aliphatic rings. The van der Waals surface area contributed by atoms with Gasteiger partial charge in [-0.3, -0.25) is 0 Å². The van der Waals surface area contributed by atoms with Gasteiger partial charge in [-0.25, -0.2) is 9.38 Å². The van der Waals surface area contributed by atoms with Crippen molar-refractivity contribution in [2.24, 2.45) is 10.7 Å². The molecule has 0 aromatic heterocycles. The van der Waals surface area contributed by atoms with Crippen molar-refractivity contribution in [3.63, 3.8) is 0 Å². The van der Waals surface area contributed by atoms with E-state index in [1.807, 2.05) is 0 Å². The molecule has 0 heterocycles. The molecule has 1 aromatic carbocycles. The Balaban J connectivity index is 2.96. The van der Waals surface area contributed by atoms with Crippen LogP contribution >= 0.6 is 0 Å². The summed E-state index contributed by atoms with van der Waals surface area (Å²) in [6, 6.07) is 5.42. The van der Waals surface area contributed by atoms with Crippen LogP contribution in [0.3, 0.4) is 0 Å². The van der Waals surface area contributed by atoms with Crippen LogP contribution in [0.4, 0.5) is 4.39 Å². The van der Waals surface area contributed by atoms with Crippen LogP contribution in [-0.2, 0) is 0 Å². The van der Waals surface area contributed by atoms with Crippen molar-refractivity contribution in [1.29, 1.82) is 0 Å². The van der Waals surface area contributed by atoms with Crippen molar-refractivity contribution in [3.05, 3.63) is 35.6 Å². The van der Waals surface area contributed by atoms with Crippen molar-refractivity contribution < 1.29 is 4.39 Å². The lowest BCUT2D eigenvalue weighted by Crippen LogP contribution is -2.30. The topological polar surface area (TPSA) is 41.6 Å². The van der Waals surface area contributed by atoms with E-state index in [2.05, 4.69) is 10.9 Å². The van der Waals surface area contributed by atoms with Crippen molar-refractivity contribution in [2.45, 2.75) is 6.04 Å². The number of nitrogens with zero attached hydrogens (tertiary/aromatic N) is 2. The predicted molar refractivity (Wildman–Crippen MR) is 63.3 cm³/mol. The minimum atomic E-state index is -0.483. The first kappa shape index (κ1) is 12.1. The summed E-state index contributed by atoms with van der Waals surface area (Å²) in [5.74, 6) is 2.55. The van der Waals surface area contributed by atoms with E-state index in [4.69, 9.17) is 12.2 Å². The van der Waals surface area contributed by atoms with E-state index in [1.54, 1.807) is 31.1 Å². The molecule has 84 valence electrons. The summed E-state index contributed by atoms with van der Waals surface area (Å²) in [7, 11) is 3.55. The molecule has 0 aliphatic carbocycles. The maximum atomic E-state index is 12.7. The zero-order valence-electron chi connectivity index (χ0n) is 9.31. The average Bonchev–Trinajstić information content (AvgIpc) is 2.26. The number of rotatable bonds is 2. The fraction of sp³-hybridized carbons (Fsp3) is 0.250. The normalized spacial score (nSPS) is 13.0. The highest BCUT2D eigenvalue weighted by Gasteiger charge is 2.07. The number of halogens is 1. The van der Waals surface area contributed by atoms with Gasteiger partial charge in [0.05, 0.1) is 0 Å². The van der Waals surface area contributed by atoms with Gasteiger partial charge in [0.2, 0.25) is 0 Å². The van der Waals surface area contributed by atoms with E-state index in [1.165, 1.54) is 12.1 Å². The molecule has 0 saturated heterocycles. The molecular weight excluding hydrogens is 205 g/mol. The van der Waals surface area contributed by atoms with Gasteiger partial charge >= 0.3 is 0 Å². The minimum absolute atomic E-state index is 0.302. The Labute approximate surface area is 94.8 Å². The molecule has 2 N–H and O–H groups in total. The maximum Gasteiger partial charge on any atom is 0.192 e. The van der Waals surface area contributed by atoms with Crippen LogP contribution in [0.15, 0.2) is 29.3 Å². The Kier molecular flexibility index (Phi) is 3.90. The fourth-order valence-electron chi connectivity index (χ4n) is 1.10. The van der Waals surface area contributed by atoms with Gasteiger partial charge in [0.25, 0.3) is 0 Å². The molecule has 0 radical (unpaired) electrons. The quantitative estimate of drug-likeness (QED) is 0.464. The smallest absolute Gasteiger partial charge is 0.192 e. The first-order chi connectivity index (χ1) is 7.54. The number of hydrogen-bond acceptors (Lipinski definition) is 1. The van der Waals surface area contributed by atoms with Gasteiger partial charge in [-0.1, -0.05) is 18.1 Å². The van der Waals surface area contributed by atoms with Crippen molar-refractivity contribution >= 4 is 5.96 Å². The number of guanidine groups is 1. The van der Waals surface area contributed by atoms with Crippen LogP contribution < -0.4 is 5.73 Å². The highest BCUT2D eigenvalue weighted by molar-refractivity contribution is 5.78. The first-order valence-electron chi connectivity index (χ1n) is 4.76. The van der Waals surface area contributed by atoms with Crippen LogP contribution in [0.2, 0.25) is 0 Å². The van der Waals surface area contributed by atoms with Gasteiger partial charge in [0.1, 0.15) is 11.9 Å². The third kappa shape index (κ3) is 2.99. The molecular formula is C12H14FN3. The van der Waals surface area contributed by atoms with Crippen molar-refractivity contribution in [1.82, 2.24) is 4.90 Å². The molecule has 1 unspecified atom stereocenters. The molecule has 0 fully saturated rings. The SMILES string of the molecule is C#CC(N=C(N)N(C)C)c1ccc(F)cc1. The van der Waals surface area contributed by atoms with E-state index >= 15 is 0 Å². The van der Waals surface area contributed by atoms with Gasteiger partial charge < -0.3 is 10.6 Å². The van der Waals surface area contributed by atoms with Crippen LogP contribution in [0.5, 0.6) is 0 Å². The zero-order chi connectivity index (χ0) is 12.1. The largest absolute Gasteiger partial charge is 0.370 e. The highest BCUT2D eigenvalue weighted by atomic mass is 19.1. The van der Waals surface area contributed by atoms with Gasteiger partial charge in [-0.15, -0.1) is 6.42 Å². The monoisotopic (exact) mass is 219 g/mol. The molecule has 0 spiro atoms. The van der Waals surface area contributed by atoms with Crippen molar-refractivity contribution in [3.8, 4) is 12.3 Å². The second-order valence-electron chi connectivity index (χ2n) is 3.50. The number of hydrogen-bond donors (Lipinski definition) is 1. The molecule has 16 heavy (non-hydrogen) atoms. The lowest BCUT2D eigenvalue weighted by Gasteiger charge is -2.13. The molecule has 0 bridgehead atoms. The highest BCUT2D eigenvalue weighted by Crippen LogP contribution is 2.16. The average molecular weight is 219 g/mol. The van der Waals surface area contributed by atoms with Gasteiger partial charge in [-0.2, -0.15) is 0 Å². The fourth-order valence-corrected chi connectivity index (χ4v) is 1.10. The number of benzene rings is 1. The lowest BCUT2D eigenvalue weighted by atomic mass is 10.1. The van der Waals surface area contributed by atoms with Gasteiger partial charge in [0.15, 0.2) is 5.96 Å². The zero-order valence-corrected chi connectivity index (χ0v) is 9.31. The Morgan fingerprint density at radius 1 is 1.44 bits per heavy atom. The van der Waals surface area contributed by atoms with Crippen LogP contribution in [0, 0.1) is 18.2 Å². The second-order valence-corrected chi connectivity index (χ2v) is 3.50. The summed E-state index contributed by atoms with van der Waals surface area (Å²) < 4.78 is 12.7. The summed E-state index contributed by atoms with van der Waals surface area (Å²) in [6.45, 7) is 0. The second kappa shape index (κ2) is 5.17. The number of terminal acetylenes is 1. The maximum absolute atomic E-state index is 12.7. The molecule has 1 rings (SSSR count). The molecule has 4 heteroatoms. The Morgan fingerprint density at radius 3 is 2.44 bits per heavy atom. The number of aliphatic imine (C=N–C) groups is 1. The lowest BCUT2D eigenvalue weighted by molar-refractivity contribution is 0.605. The van der Waals surface area contributed by atoms with E-state index < -0.39 is 6.04 Å². The van der Waals surface area contributed by atoms with Gasteiger partial charge in [-0.05, 0) is 17.7 Å². The van der Waals surface area contributed by atoms with Gasteiger partial charge in [0, 0.05) is 14.1 Å². The summed E-state index contributed by atoms with van der Waals surface area (Å²) in [5, 5.41) is 0. The Bertz CT molecular complexity index is 415. The number of nitrogens with two attached hydrogens (primary N) is 1. The molecule has 0 aliphatic heterocycles. The van der Waals surface area contributed by atoms with Crippen LogP contribution in [-0.4, -0.2) is 25.0 Å². The standard InChI is InChI=1S/C12H14FN3/c1-4-11(15-12(14)16(2)3)9-5-7-10(13)8-6-9/h1,5-8,11H,2-3H3,(H2,14,15). The Hall–Kier alpha value is -2.02. The third-order valence-electron chi connectivity index (χ3n) is 2.06. The summed E-state index contributed by atoms with van der Waals surface area (Å²) >= 11 is 0.